The highest BCUT2D eigenvalue weighted by Gasteiger charge is 2.21. The van der Waals surface area contributed by atoms with Gasteiger partial charge in [0.15, 0.2) is 0 Å². The summed E-state index contributed by atoms with van der Waals surface area (Å²) < 4.78 is 59.8. The van der Waals surface area contributed by atoms with Crippen molar-refractivity contribution in [3.05, 3.63) is 145 Å². The lowest BCUT2D eigenvalue weighted by Gasteiger charge is -2.19. The minimum Gasteiger partial charge on any atom is -0.456 e. The molecule has 0 aliphatic heterocycles. The largest absolute Gasteiger partial charge is 0.456 e. The predicted molar refractivity (Wildman–Crippen MR) is 165 cm³/mol. The van der Waals surface area contributed by atoms with Crippen LogP contribution in [0.3, 0.4) is 0 Å². The summed E-state index contributed by atoms with van der Waals surface area (Å²) in [6.45, 7) is 0. The lowest BCUT2D eigenvalue weighted by Crippen LogP contribution is -1.92. The average molecular weight is 503 g/mol. The van der Waals surface area contributed by atoms with Gasteiger partial charge in [0.1, 0.15) is 11.2 Å². The van der Waals surface area contributed by atoms with Gasteiger partial charge in [0.25, 0.3) is 0 Å². The van der Waals surface area contributed by atoms with Gasteiger partial charge in [-0.3, -0.25) is 0 Å². The third-order valence-electron chi connectivity index (χ3n) is 7.38. The second kappa shape index (κ2) is 8.72. The van der Waals surface area contributed by atoms with E-state index in [1.165, 1.54) is 0 Å². The summed E-state index contributed by atoms with van der Waals surface area (Å²) in [7, 11) is 0. The Kier molecular flexibility index (Phi) is 3.72. The summed E-state index contributed by atoms with van der Waals surface area (Å²) >= 11 is 0. The second-order valence-electron chi connectivity index (χ2n) is 9.58. The molecule has 8 aromatic rings. The van der Waals surface area contributed by atoms with Crippen molar-refractivity contribution in [2.24, 2.45) is 0 Å². The Morgan fingerprint density at radius 1 is 0.436 bits per heavy atom. The number of para-hydroxylation sites is 1. The van der Waals surface area contributed by atoms with Crippen molar-refractivity contribution in [3.8, 4) is 33.4 Å². The highest BCUT2D eigenvalue weighted by molar-refractivity contribution is 6.26. The van der Waals surface area contributed by atoms with Gasteiger partial charge in [0.2, 0.25) is 0 Å². The van der Waals surface area contributed by atoms with E-state index in [9.17, 15) is 2.74 Å². The molecule has 0 atom stereocenters. The quantitative estimate of drug-likeness (QED) is 0.219. The fraction of sp³-hybridized carbons (Fsp3) is 0. The smallest absolute Gasteiger partial charge is 0.136 e. The highest BCUT2D eigenvalue weighted by Crippen LogP contribution is 2.47. The first-order valence-corrected chi connectivity index (χ1v) is 12.9. The first-order chi connectivity index (χ1) is 21.9. The molecular weight excluding hydrogens is 472 g/mol. The summed E-state index contributed by atoms with van der Waals surface area (Å²) in [6.07, 6.45) is 0. The van der Waals surface area contributed by atoms with Gasteiger partial charge in [-0.25, -0.2) is 0 Å². The maximum Gasteiger partial charge on any atom is 0.136 e. The fourth-order valence-corrected chi connectivity index (χ4v) is 5.73. The molecule has 0 unspecified atom stereocenters. The zero-order chi connectivity index (χ0) is 31.0. The van der Waals surface area contributed by atoms with Crippen molar-refractivity contribution < 1.29 is 12.6 Å². The third-order valence-corrected chi connectivity index (χ3v) is 7.38. The van der Waals surface area contributed by atoms with Crippen LogP contribution >= 0.6 is 0 Å². The summed E-state index contributed by atoms with van der Waals surface area (Å²) in [5.74, 6) is 0. The Labute approximate surface area is 235 Å². The van der Waals surface area contributed by atoms with Gasteiger partial charge in [-0.2, -0.15) is 0 Å². The molecule has 182 valence electrons. The molecule has 0 radical (unpaired) electrons. The summed E-state index contributed by atoms with van der Waals surface area (Å²) in [4.78, 5) is 0. The topological polar surface area (TPSA) is 13.1 Å². The number of fused-ring (bicyclic) bond motifs is 5. The van der Waals surface area contributed by atoms with E-state index in [1.54, 1.807) is 0 Å². The monoisotopic (exact) mass is 502 g/mol. The van der Waals surface area contributed by atoms with Crippen LogP contribution in [-0.2, 0) is 0 Å². The van der Waals surface area contributed by atoms with Gasteiger partial charge in [-0.15, -0.1) is 0 Å². The van der Waals surface area contributed by atoms with E-state index in [4.69, 9.17) is 9.90 Å². The minimum absolute atomic E-state index is 0.0233. The zero-order valence-electron chi connectivity index (χ0n) is 26.8. The van der Waals surface area contributed by atoms with Crippen LogP contribution in [0, 0.1) is 0 Å². The van der Waals surface area contributed by atoms with E-state index >= 15 is 0 Å². The van der Waals surface area contributed by atoms with Crippen LogP contribution in [0.25, 0.3) is 76.9 Å². The van der Waals surface area contributed by atoms with Gasteiger partial charge in [-0.1, -0.05) is 127 Å². The molecule has 1 heterocycles. The molecule has 0 bridgehead atoms. The summed E-state index contributed by atoms with van der Waals surface area (Å²) in [5.41, 5.74) is 4.48. The molecule has 7 aromatic carbocycles. The molecule has 8 rings (SSSR count). The Balaban J connectivity index is 1.67. The molecule has 39 heavy (non-hydrogen) atoms. The van der Waals surface area contributed by atoms with E-state index in [0.717, 1.165) is 38.2 Å². The standard InChI is InChI=1S/C38H24O/c1-3-13-25(14-4-1)27-23-33(38-32-21-11-12-22-34(32)39-35(38)24-27)37-30-19-9-7-17-28(30)36(26-15-5-2-6-16-26)29-18-8-10-20-31(29)37/h1-24H/i11D,12D,21D,22D,23D,24D. The first-order valence-electron chi connectivity index (χ1n) is 15.9. The molecule has 0 amide bonds. The van der Waals surface area contributed by atoms with Gasteiger partial charge in [0, 0.05) is 10.8 Å². The van der Waals surface area contributed by atoms with Crippen LogP contribution < -0.4 is 0 Å². The normalized spacial score (nSPS) is 13.7. The van der Waals surface area contributed by atoms with E-state index in [1.807, 2.05) is 84.9 Å². The Morgan fingerprint density at radius 2 is 0.974 bits per heavy atom. The third kappa shape index (κ3) is 3.41. The molecule has 0 spiro atoms. The number of rotatable bonds is 3. The molecule has 0 N–H and O–H groups in total. The minimum atomic E-state index is -0.405. The van der Waals surface area contributed by atoms with E-state index in [0.29, 0.717) is 22.1 Å². The van der Waals surface area contributed by atoms with Crippen molar-refractivity contribution in [1.82, 2.24) is 0 Å². The van der Waals surface area contributed by atoms with Crippen LogP contribution in [0.5, 0.6) is 0 Å². The highest BCUT2D eigenvalue weighted by atomic mass is 16.3. The first kappa shape index (κ1) is 16.7. The number of hydrogen-bond donors (Lipinski definition) is 0. The predicted octanol–water partition coefficient (Wildman–Crippen LogP) is 10.9. The van der Waals surface area contributed by atoms with Crippen LogP contribution in [0.2, 0.25) is 0 Å². The number of hydrogen-bond acceptors (Lipinski definition) is 1. The molecule has 0 fully saturated rings. The van der Waals surface area contributed by atoms with Gasteiger partial charge >= 0.3 is 0 Å². The van der Waals surface area contributed by atoms with Crippen molar-refractivity contribution >= 4 is 43.5 Å². The summed E-state index contributed by atoms with van der Waals surface area (Å²) in [5, 5.41) is 4.25. The van der Waals surface area contributed by atoms with Crippen LogP contribution in [-0.4, -0.2) is 0 Å². The van der Waals surface area contributed by atoms with Gasteiger partial charge < -0.3 is 4.42 Å². The SMILES string of the molecule is [2H]c1c([2H])c([2H])c2c(oc3c([2H])c(-c4ccccc4)c([2H])c(-c4c5ccccc5c(-c5ccccc5)c5ccccc45)c32)c1[2H]. The fourth-order valence-electron chi connectivity index (χ4n) is 5.73. The molecule has 0 aliphatic carbocycles. The Hall–Kier alpha value is -5.14. The second-order valence-corrected chi connectivity index (χ2v) is 9.58. The van der Waals surface area contributed by atoms with Crippen molar-refractivity contribution in [1.29, 1.82) is 0 Å². The maximum atomic E-state index is 9.79. The van der Waals surface area contributed by atoms with Crippen LogP contribution in [0.4, 0.5) is 0 Å². The maximum absolute atomic E-state index is 9.79. The molecular formula is C38H24O. The number of furan rings is 1. The Bertz CT molecular complexity index is 2430. The van der Waals surface area contributed by atoms with Gasteiger partial charge in [-0.05, 0) is 73.1 Å². The molecule has 1 nitrogen and oxygen atoms in total. The van der Waals surface area contributed by atoms with E-state index < -0.39 is 6.04 Å². The molecule has 1 heteroatoms. The molecule has 0 saturated carbocycles. The summed E-state index contributed by atoms with van der Waals surface area (Å²) in [6, 6.07) is 34.3. The van der Waals surface area contributed by atoms with Crippen LogP contribution in [0.15, 0.2) is 150 Å². The average Bonchev–Trinajstić information content (AvgIpc) is 3.48. The van der Waals surface area contributed by atoms with E-state index in [-0.39, 0.29) is 46.8 Å². The van der Waals surface area contributed by atoms with Crippen molar-refractivity contribution in [2.75, 3.05) is 0 Å². The lowest BCUT2D eigenvalue weighted by atomic mass is 9.84. The van der Waals surface area contributed by atoms with Gasteiger partial charge in [0.05, 0.1) is 8.22 Å². The van der Waals surface area contributed by atoms with Crippen molar-refractivity contribution in [3.63, 3.8) is 0 Å². The van der Waals surface area contributed by atoms with E-state index in [2.05, 4.69) is 24.3 Å². The lowest BCUT2D eigenvalue weighted by molar-refractivity contribution is 0.669. The molecule has 0 saturated heterocycles. The number of benzene rings is 7. The van der Waals surface area contributed by atoms with Crippen LogP contribution in [0.1, 0.15) is 8.22 Å². The molecule has 1 aromatic heterocycles. The zero-order valence-corrected chi connectivity index (χ0v) is 20.8. The molecule has 0 aliphatic rings. The van der Waals surface area contributed by atoms with Crippen molar-refractivity contribution in [2.45, 2.75) is 0 Å². The Morgan fingerprint density at radius 3 is 1.62 bits per heavy atom.